The van der Waals surface area contributed by atoms with E-state index in [9.17, 15) is 14.4 Å². The van der Waals surface area contributed by atoms with E-state index >= 15 is 0 Å². The Kier molecular flexibility index (Phi) is 5.68. The van der Waals surface area contributed by atoms with Gasteiger partial charge in [0.15, 0.2) is 5.13 Å². The van der Waals surface area contributed by atoms with Crippen LogP contribution in [0.2, 0.25) is 0 Å². The molecule has 7 nitrogen and oxygen atoms in total. The second-order valence-electron chi connectivity index (χ2n) is 5.41. The third-order valence-corrected chi connectivity index (χ3v) is 5.70. The molecule has 2 amide bonds. The van der Waals surface area contributed by atoms with Gasteiger partial charge in [-0.1, -0.05) is 42.2 Å². The highest BCUT2D eigenvalue weighted by atomic mass is 32.2. The summed E-state index contributed by atoms with van der Waals surface area (Å²) in [6.07, 6.45) is 1.55. The minimum atomic E-state index is -1.14. The van der Waals surface area contributed by atoms with Gasteiger partial charge in [0.1, 0.15) is 10.9 Å². The summed E-state index contributed by atoms with van der Waals surface area (Å²) >= 11 is 7.36. The van der Waals surface area contributed by atoms with Crippen LogP contribution in [0.25, 0.3) is 6.08 Å². The number of benzene rings is 1. The van der Waals surface area contributed by atoms with Gasteiger partial charge in [0, 0.05) is 12.3 Å². The molecule has 27 heavy (non-hydrogen) atoms. The van der Waals surface area contributed by atoms with E-state index in [1.54, 1.807) is 23.6 Å². The quantitative estimate of drug-likeness (QED) is 0.588. The molecule has 1 aromatic heterocycles. The Bertz CT molecular complexity index is 955. The first-order valence-electron chi connectivity index (χ1n) is 7.65. The first-order chi connectivity index (χ1) is 12.9. The Hall–Kier alpha value is -2.56. The van der Waals surface area contributed by atoms with Crippen LogP contribution in [-0.2, 0) is 14.4 Å². The lowest BCUT2D eigenvalue weighted by Gasteiger charge is -2.17. The van der Waals surface area contributed by atoms with E-state index < -0.39 is 18.4 Å². The monoisotopic (exact) mass is 419 g/mol. The van der Waals surface area contributed by atoms with E-state index in [-0.39, 0.29) is 10.2 Å². The summed E-state index contributed by atoms with van der Waals surface area (Å²) in [5.74, 6) is -1.79. The maximum atomic E-state index is 12.3. The molecule has 0 unspecified atom stereocenters. The van der Waals surface area contributed by atoms with Gasteiger partial charge >= 0.3 is 5.97 Å². The van der Waals surface area contributed by atoms with Gasteiger partial charge < -0.3 is 5.11 Å². The van der Waals surface area contributed by atoms with Gasteiger partial charge in [0.05, 0.1) is 16.3 Å². The summed E-state index contributed by atoms with van der Waals surface area (Å²) in [5.41, 5.74) is 1.19. The number of anilines is 2. The Morgan fingerprint density at radius 2 is 2.04 bits per heavy atom. The number of aromatic nitrogens is 1. The molecule has 1 N–H and O–H groups in total. The fourth-order valence-corrected chi connectivity index (χ4v) is 4.44. The highest BCUT2D eigenvalue weighted by Gasteiger charge is 2.33. The maximum absolute atomic E-state index is 12.3. The normalized spacial score (nSPS) is 15.4. The number of thiocarbonyl (C=S) groups is 1. The molecule has 0 bridgehead atoms. The highest BCUT2D eigenvalue weighted by molar-refractivity contribution is 8.26. The third kappa shape index (κ3) is 4.24. The van der Waals surface area contributed by atoms with Gasteiger partial charge in [0.2, 0.25) is 5.91 Å². The Labute approximate surface area is 168 Å². The smallest absolute Gasteiger partial charge is 0.323 e. The van der Waals surface area contributed by atoms with Crippen molar-refractivity contribution in [1.29, 1.82) is 0 Å². The van der Waals surface area contributed by atoms with Crippen LogP contribution in [0.4, 0.5) is 10.8 Å². The molecule has 1 aliphatic rings. The number of carbonyl (C=O) groups is 3. The number of carbonyl (C=O) groups excluding carboxylic acids is 2. The van der Waals surface area contributed by atoms with Crippen molar-refractivity contribution in [3.63, 3.8) is 0 Å². The summed E-state index contributed by atoms with van der Waals surface area (Å²) in [6, 6.07) is 9.12. The van der Waals surface area contributed by atoms with Crippen LogP contribution in [0.5, 0.6) is 0 Å². The molecule has 2 aromatic rings. The van der Waals surface area contributed by atoms with Crippen LogP contribution in [0, 0.1) is 0 Å². The minimum Gasteiger partial charge on any atom is -0.480 e. The topological polar surface area (TPSA) is 90.8 Å². The summed E-state index contributed by atoms with van der Waals surface area (Å²) in [5, 5.41) is 11.1. The van der Waals surface area contributed by atoms with Crippen molar-refractivity contribution in [3.05, 3.63) is 46.3 Å². The molecule has 1 aromatic carbocycles. The number of hydrogen-bond donors (Lipinski definition) is 1. The predicted octanol–water partition coefficient (Wildman–Crippen LogP) is 3.11. The van der Waals surface area contributed by atoms with Crippen LogP contribution >= 0.6 is 35.3 Å². The van der Waals surface area contributed by atoms with E-state index in [2.05, 4.69) is 4.98 Å². The van der Waals surface area contributed by atoms with Crippen molar-refractivity contribution in [1.82, 2.24) is 9.88 Å². The Morgan fingerprint density at radius 3 is 2.67 bits per heavy atom. The van der Waals surface area contributed by atoms with Gasteiger partial charge in [-0.15, -0.1) is 11.3 Å². The van der Waals surface area contributed by atoms with E-state index in [1.165, 1.54) is 23.2 Å². The van der Waals surface area contributed by atoms with Crippen molar-refractivity contribution in [2.75, 3.05) is 11.4 Å². The third-order valence-electron chi connectivity index (χ3n) is 3.48. The van der Waals surface area contributed by atoms with Crippen LogP contribution < -0.4 is 4.90 Å². The van der Waals surface area contributed by atoms with Gasteiger partial charge in [-0.2, -0.15) is 0 Å². The van der Waals surface area contributed by atoms with E-state index in [1.807, 2.05) is 18.2 Å². The predicted molar refractivity (Wildman–Crippen MR) is 109 cm³/mol. The number of carboxylic acid groups (broad SMARTS) is 1. The standard InChI is InChI=1S/C17H13N3O4S3/c1-10(21)20(12-5-3-2-4-6-12)16-18-11(9-26-16)7-13-15(24)19(8-14(22)23)17(25)27-13/h2-7,9H,8H2,1H3,(H,22,23). The molecule has 10 heteroatoms. The molecule has 0 spiro atoms. The molecular formula is C17H13N3O4S3. The zero-order valence-corrected chi connectivity index (χ0v) is 16.4. The zero-order valence-electron chi connectivity index (χ0n) is 14.0. The fraction of sp³-hybridized carbons (Fsp3) is 0.118. The summed E-state index contributed by atoms with van der Waals surface area (Å²) < 4.78 is 0.193. The van der Waals surface area contributed by atoms with Gasteiger partial charge in [-0.25, -0.2) is 4.98 Å². The lowest BCUT2D eigenvalue weighted by molar-refractivity contribution is -0.140. The number of hydrogen-bond acceptors (Lipinski definition) is 7. The average Bonchev–Trinajstić information content (AvgIpc) is 3.16. The number of thioether (sulfide) groups is 1. The van der Waals surface area contributed by atoms with Crippen molar-refractivity contribution in [3.8, 4) is 0 Å². The molecule has 0 saturated carbocycles. The summed E-state index contributed by atoms with van der Waals surface area (Å²) in [4.78, 5) is 42.5. The second kappa shape index (κ2) is 7.99. The van der Waals surface area contributed by atoms with Crippen molar-refractivity contribution in [2.24, 2.45) is 0 Å². The molecule has 0 atom stereocenters. The molecule has 3 rings (SSSR count). The summed E-state index contributed by atoms with van der Waals surface area (Å²) in [6.45, 7) is 0.974. The number of rotatable bonds is 5. The van der Waals surface area contributed by atoms with Crippen LogP contribution in [0.1, 0.15) is 12.6 Å². The highest BCUT2D eigenvalue weighted by Crippen LogP contribution is 2.34. The molecular weight excluding hydrogens is 406 g/mol. The summed E-state index contributed by atoms with van der Waals surface area (Å²) in [7, 11) is 0. The minimum absolute atomic E-state index is 0.185. The molecule has 1 fully saturated rings. The number of thiazole rings is 1. The average molecular weight is 420 g/mol. The Morgan fingerprint density at radius 1 is 1.33 bits per heavy atom. The molecule has 2 heterocycles. The molecule has 1 aliphatic heterocycles. The molecule has 0 aliphatic carbocycles. The lowest BCUT2D eigenvalue weighted by Crippen LogP contribution is -2.33. The number of nitrogens with zero attached hydrogens (tertiary/aromatic N) is 3. The fourth-order valence-electron chi connectivity index (χ4n) is 2.36. The van der Waals surface area contributed by atoms with Crippen LogP contribution in [0.3, 0.4) is 0 Å². The largest absolute Gasteiger partial charge is 0.480 e. The first kappa shape index (κ1) is 19.2. The van der Waals surface area contributed by atoms with Crippen LogP contribution in [-0.4, -0.2) is 43.6 Å². The van der Waals surface area contributed by atoms with E-state index in [4.69, 9.17) is 17.3 Å². The van der Waals surface area contributed by atoms with E-state index in [0.717, 1.165) is 16.7 Å². The number of para-hydroxylation sites is 1. The van der Waals surface area contributed by atoms with Crippen molar-refractivity contribution >= 4 is 74.3 Å². The maximum Gasteiger partial charge on any atom is 0.323 e. The van der Waals surface area contributed by atoms with E-state index in [0.29, 0.717) is 21.4 Å². The Balaban J connectivity index is 1.86. The molecule has 1 saturated heterocycles. The molecule has 0 radical (unpaired) electrons. The van der Waals surface area contributed by atoms with Gasteiger partial charge in [-0.05, 0) is 18.2 Å². The number of amides is 2. The SMILES string of the molecule is CC(=O)N(c1ccccc1)c1nc(C=C2SC(=S)N(CC(=O)O)C2=O)cs1. The zero-order chi connectivity index (χ0) is 19.6. The van der Waals surface area contributed by atoms with Crippen molar-refractivity contribution in [2.45, 2.75) is 6.92 Å². The number of aliphatic carboxylic acids is 1. The lowest BCUT2D eigenvalue weighted by atomic mass is 10.3. The number of carboxylic acids is 1. The molecule has 138 valence electrons. The van der Waals surface area contributed by atoms with Crippen molar-refractivity contribution < 1.29 is 19.5 Å². The van der Waals surface area contributed by atoms with Gasteiger partial charge in [-0.3, -0.25) is 24.2 Å². The second-order valence-corrected chi connectivity index (χ2v) is 7.92. The first-order valence-corrected chi connectivity index (χ1v) is 9.75. The van der Waals surface area contributed by atoms with Crippen LogP contribution in [0.15, 0.2) is 40.6 Å². The van der Waals surface area contributed by atoms with Gasteiger partial charge in [0.25, 0.3) is 5.91 Å².